The summed E-state index contributed by atoms with van der Waals surface area (Å²) in [6.07, 6.45) is 5.65. The second-order valence-corrected chi connectivity index (χ2v) is 6.68. The predicted molar refractivity (Wildman–Crippen MR) is 68.0 cm³/mol. The van der Waals surface area contributed by atoms with Crippen LogP contribution in [0.4, 0.5) is 0 Å². The van der Waals surface area contributed by atoms with Crippen LogP contribution < -0.4 is 0 Å². The molecule has 3 heteroatoms. The van der Waals surface area contributed by atoms with Crippen LogP contribution in [-0.2, 0) is 14.3 Å². The number of ether oxygens (including phenoxy) is 2. The van der Waals surface area contributed by atoms with Gasteiger partial charge in [-0.2, -0.15) is 0 Å². The van der Waals surface area contributed by atoms with Gasteiger partial charge >= 0.3 is 0 Å². The number of hydrogen-bond donors (Lipinski definition) is 0. The standard InChI is InChI=1S/C15H24O3/c1-10-7-15(17-3)14(2)11(9-18-15)5-4-6-13(14)12(10)8-16/h8,10-13H,4-7,9H2,1-3H3/t10-,11-,12-,13-,14+,15-/m1/s1. The Kier molecular flexibility index (Phi) is 2.83. The molecule has 2 aliphatic carbocycles. The Morgan fingerprint density at radius 3 is 2.83 bits per heavy atom. The second kappa shape index (κ2) is 4.04. The van der Waals surface area contributed by atoms with Gasteiger partial charge in [0.2, 0.25) is 0 Å². The van der Waals surface area contributed by atoms with E-state index in [0.29, 0.717) is 17.8 Å². The largest absolute Gasteiger partial charge is 0.353 e. The van der Waals surface area contributed by atoms with Gasteiger partial charge in [-0.1, -0.05) is 20.3 Å². The van der Waals surface area contributed by atoms with Gasteiger partial charge in [0.25, 0.3) is 0 Å². The molecule has 102 valence electrons. The molecule has 3 rings (SSSR count). The lowest BCUT2D eigenvalue weighted by atomic mass is 9.49. The molecule has 1 saturated heterocycles. The van der Waals surface area contributed by atoms with Gasteiger partial charge in [-0.25, -0.2) is 0 Å². The van der Waals surface area contributed by atoms with Gasteiger partial charge in [-0.3, -0.25) is 0 Å². The van der Waals surface area contributed by atoms with E-state index in [1.165, 1.54) is 19.1 Å². The summed E-state index contributed by atoms with van der Waals surface area (Å²) in [6.45, 7) is 5.28. The van der Waals surface area contributed by atoms with Crippen molar-refractivity contribution in [3.8, 4) is 0 Å². The van der Waals surface area contributed by atoms with Crippen LogP contribution in [0.3, 0.4) is 0 Å². The average Bonchev–Trinajstić information content (AvgIpc) is 2.65. The summed E-state index contributed by atoms with van der Waals surface area (Å²) < 4.78 is 12.0. The van der Waals surface area contributed by atoms with Gasteiger partial charge in [-0.15, -0.1) is 0 Å². The summed E-state index contributed by atoms with van der Waals surface area (Å²) in [7, 11) is 1.77. The van der Waals surface area contributed by atoms with Crippen LogP contribution in [0.15, 0.2) is 0 Å². The lowest BCUT2D eigenvalue weighted by molar-refractivity contribution is -0.291. The fourth-order valence-corrected chi connectivity index (χ4v) is 5.15. The first kappa shape index (κ1) is 12.6. The molecule has 1 heterocycles. The van der Waals surface area contributed by atoms with Crippen molar-refractivity contribution in [2.24, 2.45) is 29.1 Å². The number of methoxy groups -OCH3 is 1. The lowest BCUT2D eigenvalue weighted by Gasteiger charge is -2.57. The fourth-order valence-electron chi connectivity index (χ4n) is 5.15. The Hall–Kier alpha value is -0.410. The normalized spacial score (nSPS) is 55.1. The molecule has 0 amide bonds. The Morgan fingerprint density at radius 2 is 2.17 bits per heavy atom. The van der Waals surface area contributed by atoms with Crippen LogP contribution in [0.5, 0.6) is 0 Å². The van der Waals surface area contributed by atoms with Gasteiger partial charge in [0, 0.05) is 24.9 Å². The van der Waals surface area contributed by atoms with E-state index in [4.69, 9.17) is 9.47 Å². The molecule has 0 spiro atoms. The predicted octanol–water partition coefficient (Wildman–Crippen LogP) is 2.64. The molecule has 0 aromatic rings. The van der Waals surface area contributed by atoms with Crippen molar-refractivity contribution in [1.29, 1.82) is 0 Å². The van der Waals surface area contributed by atoms with Gasteiger partial charge in [-0.05, 0) is 30.6 Å². The number of aldehydes is 1. The summed E-state index contributed by atoms with van der Waals surface area (Å²) in [4.78, 5) is 11.5. The zero-order chi connectivity index (χ0) is 13.0. The smallest absolute Gasteiger partial charge is 0.174 e. The summed E-state index contributed by atoms with van der Waals surface area (Å²) >= 11 is 0. The maximum atomic E-state index is 11.5. The van der Waals surface area contributed by atoms with Crippen molar-refractivity contribution in [2.75, 3.05) is 13.7 Å². The molecule has 0 aromatic carbocycles. The molecule has 3 fully saturated rings. The number of carbonyl (C=O) groups excluding carboxylic acids is 1. The van der Waals surface area contributed by atoms with E-state index in [2.05, 4.69) is 13.8 Å². The third kappa shape index (κ3) is 1.30. The highest BCUT2D eigenvalue weighted by Crippen LogP contribution is 2.65. The van der Waals surface area contributed by atoms with E-state index in [1.54, 1.807) is 7.11 Å². The Bertz CT molecular complexity index is 356. The highest BCUT2D eigenvalue weighted by Gasteiger charge is 2.68. The molecule has 1 aliphatic heterocycles. The van der Waals surface area contributed by atoms with Crippen molar-refractivity contribution in [1.82, 2.24) is 0 Å². The van der Waals surface area contributed by atoms with E-state index in [0.717, 1.165) is 19.4 Å². The van der Waals surface area contributed by atoms with Gasteiger partial charge in [0.05, 0.1) is 6.61 Å². The summed E-state index contributed by atoms with van der Waals surface area (Å²) in [5.74, 6) is 1.09. The maximum absolute atomic E-state index is 11.5. The highest BCUT2D eigenvalue weighted by molar-refractivity contribution is 5.55. The topological polar surface area (TPSA) is 35.5 Å². The van der Waals surface area contributed by atoms with Crippen LogP contribution >= 0.6 is 0 Å². The molecule has 0 radical (unpaired) electrons. The molecule has 3 aliphatic rings. The molecule has 18 heavy (non-hydrogen) atoms. The number of hydrogen-bond acceptors (Lipinski definition) is 3. The van der Waals surface area contributed by atoms with Crippen molar-refractivity contribution < 1.29 is 14.3 Å². The molecule has 0 N–H and O–H groups in total. The van der Waals surface area contributed by atoms with Gasteiger partial charge < -0.3 is 14.3 Å². The summed E-state index contributed by atoms with van der Waals surface area (Å²) in [6, 6.07) is 0. The van der Waals surface area contributed by atoms with Crippen LogP contribution in [0, 0.1) is 29.1 Å². The Labute approximate surface area is 109 Å². The monoisotopic (exact) mass is 252 g/mol. The summed E-state index contributed by atoms with van der Waals surface area (Å²) in [5, 5.41) is 0. The molecule has 0 aromatic heterocycles. The first-order valence-corrected chi connectivity index (χ1v) is 7.23. The molecule has 0 unspecified atom stereocenters. The minimum Gasteiger partial charge on any atom is -0.353 e. The van der Waals surface area contributed by atoms with Gasteiger partial charge in [0.1, 0.15) is 6.29 Å². The van der Waals surface area contributed by atoms with Crippen molar-refractivity contribution >= 4 is 6.29 Å². The van der Waals surface area contributed by atoms with Crippen LogP contribution in [-0.4, -0.2) is 25.8 Å². The first-order valence-electron chi connectivity index (χ1n) is 7.23. The minimum atomic E-state index is -0.443. The zero-order valence-corrected chi connectivity index (χ0v) is 11.6. The van der Waals surface area contributed by atoms with Crippen LogP contribution in [0.1, 0.15) is 39.5 Å². The van der Waals surface area contributed by atoms with Gasteiger partial charge in [0.15, 0.2) is 5.79 Å². The Morgan fingerprint density at radius 1 is 1.39 bits per heavy atom. The van der Waals surface area contributed by atoms with Crippen LogP contribution in [0.2, 0.25) is 0 Å². The molecule has 3 nitrogen and oxygen atoms in total. The number of rotatable bonds is 2. The third-order valence-corrected chi connectivity index (χ3v) is 6.22. The maximum Gasteiger partial charge on any atom is 0.174 e. The SMILES string of the molecule is CO[C@]12C[C@@H](C)[C@@H](C=O)[C@H]3CCC[C@H](CO1)[C@@]32C. The Balaban J connectivity index is 2.07. The zero-order valence-electron chi connectivity index (χ0n) is 11.6. The molecular formula is C15H24O3. The molecular weight excluding hydrogens is 228 g/mol. The van der Waals surface area contributed by atoms with Crippen molar-refractivity contribution in [3.63, 3.8) is 0 Å². The van der Waals surface area contributed by atoms with E-state index in [1.807, 2.05) is 0 Å². The molecule has 2 saturated carbocycles. The second-order valence-electron chi connectivity index (χ2n) is 6.68. The van der Waals surface area contributed by atoms with E-state index in [9.17, 15) is 4.79 Å². The third-order valence-electron chi connectivity index (χ3n) is 6.22. The number of carbonyl (C=O) groups is 1. The minimum absolute atomic E-state index is 0.0259. The highest BCUT2D eigenvalue weighted by atomic mass is 16.7. The van der Waals surface area contributed by atoms with Crippen molar-refractivity contribution in [3.05, 3.63) is 0 Å². The quantitative estimate of drug-likeness (QED) is 0.709. The van der Waals surface area contributed by atoms with E-state index < -0.39 is 5.79 Å². The van der Waals surface area contributed by atoms with Crippen molar-refractivity contribution in [2.45, 2.75) is 45.3 Å². The fraction of sp³-hybridized carbons (Fsp3) is 0.933. The lowest BCUT2D eigenvalue weighted by Crippen LogP contribution is -2.60. The molecule has 6 atom stereocenters. The first-order chi connectivity index (χ1) is 8.59. The van der Waals surface area contributed by atoms with E-state index in [-0.39, 0.29) is 11.3 Å². The summed E-state index contributed by atoms with van der Waals surface area (Å²) in [5.41, 5.74) is 0.0259. The molecule has 0 bridgehead atoms. The van der Waals surface area contributed by atoms with E-state index >= 15 is 0 Å². The van der Waals surface area contributed by atoms with Crippen LogP contribution in [0.25, 0.3) is 0 Å². The average molecular weight is 252 g/mol.